The minimum Gasteiger partial charge on any atom is -0.459 e. The monoisotopic (exact) mass is 448 g/mol. The van der Waals surface area contributed by atoms with Crippen molar-refractivity contribution in [3.63, 3.8) is 0 Å². The number of Topliss-reactive ketones (excluding diaryl/α,β-unsaturated/α-hetero) is 3. The van der Waals surface area contributed by atoms with Gasteiger partial charge in [0.15, 0.2) is 23.3 Å². The summed E-state index contributed by atoms with van der Waals surface area (Å²) in [6, 6.07) is 0. The zero-order chi connectivity index (χ0) is 24.4. The Hall–Kier alpha value is -2.35. The minimum atomic E-state index is -2.29. The Labute approximate surface area is 187 Å². The number of carbonyl (C=O) groups is 5. The molecule has 0 aromatic rings. The predicted octanol–water partition coefficient (Wildman–Crippen LogP) is 1.96. The molecule has 0 bridgehead atoms. The van der Waals surface area contributed by atoms with Crippen LogP contribution in [-0.4, -0.2) is 52.2 Å². The van der Waals surface area contributed by atoms with Gasteiger partial charge in [-0.2, -0.15) is 0 Å². The third-order valence-electron chi connectivity index (χ3n) is 8.07. The van der Waals surface area contributed by atoms with Crippen molar-refractivity contribution in [1.29, 1.82) is 0 Å². The molecule has 0 radical (unpaired) electrons. The third-order valence-corrected chi connectivity index (χ3v) is 8.07. The van der Waals surface area contributed by atoms with Gasteiger partial charge in [0.25, 0.3) is 0 Å². The second-order valence-electron chi connectivity index (χ2n) is 10.6. The van der Waals surface area contributed by atoms with Gasteiger partial charge >= 0.3 is 11.9 Å². The summed E-state index contributed by atoms with van der Waals surface area (Å²) in [6.45, 7) is 12.7. The van der Waals surface area contributed by atoms with Gasteiger partial charge in [-0.3, -0.25) is 24.0 Å². The van der Waals surface area contributed by atoms with E-state index < -0.39 is 63.6 Å². The average molecular weight is 449 g/mol. The Morgan fingerprint density at radius 3 is 2.12 bits per heavy atom. The van der Waals surface area contributed by atoms with E-state index in [0.717, 1.165) is 0 Å². The van der Waals surface area contributed by atoms with Gasteiger partial charge in [-0.25, -0.2) is 0 Å². The number of carbonyl (C=O) groups excluding carboxylic acids is 5. The summed E-state index contributed by atoms with van der Waals surface area (Å²) in [6.07, 6.45) is -1.21. The van der Waals surface area contributed by atoms with E-state index in [1.807, 2.05) is 0 Å². The lowest BCUT2D eigenvalue weighted by molar-refractivity contribution is -0.241. The Kier molecular flexibility index (Phi) is 5.57. The van der Waals surface area contributed by atoms with Crippen molar-refractivity contribution in [2.24, 2.45) is 28.1 Å². The lowest BCUT2D eigenvalue weighted by Crippen LogP contribution is -2.76. The molecule has 8 nitrogen and oxygen atoms in total. The maximum Gasteiger partial charge on any atom is 0.303 e. The van der Waals surface area contributed by atoms with Gasteiger partial charge in [0.05, 0.1) is 11.3 Å². The SMILES string of the molecule is C=C[C@@]1(C)CC(=O)[C@@H]2[C@@]3(C)C[C@@H](OC(C)=O)C(=O)C(C)(C)[C@@H]3C[C@@H](OC(C)=O)[C@@]2(O)C1=O. The molecule has 3 aliphatic carbocycles. The average Bonchev–Trinajstić information content (AvgIpc) is 2.65. The Balaban J connectivity index is 2.24. The number of aliphatic hydroxyl groups is 1. The van der Waals surface area contributed by atoms with Crippen molar-refractivity contribution in [3.05, 3.63) is 12.7 Å². The second-order valence-corrected chi connectivity index (χ2v) is 10.6. The van der Waals surface area contributed by atoms with Crippen LogP contribution in [0.2, 0.25) is 0 Å². The first-order valence-electron chi connectivity index (χ1n) is 10.9. The topological polar surface area (TPSA) is 124 Å². The van der Waals surface area contributed by atoms with Crippen LogP contribution in [0.3, 0.4) is 0 Å². The lowest BCUT2D eigenvalue weighted by Gasteiger charge is -2.64. The van der Waals surface area contributed by atoms with Crippen LogP contribution in [0.5, 0.6) is 0 Å². The first kappa shape index (κ1) is 24.3. The summed E-state index contributed by atoms with van der Waals surface area (Å²) < 4.78 is 10.8. The second kappa shape index (κ2) is 7.33. The number of rotatable bonds is 3. The van der Waals surface area contributed by atoms with E-state index in [2.05, 4.69) is 6.58 Å². The highest BCUT2D eigenvalue weighted by atomic mass is 16.6. The molecule has 3 saturated carbocycles. The fourth-order valence-corrected chi connectivity index (χ4v) is 6.70. The van der Waals surface area contributed by atoms with Gasteiger partial charge in [-0.1, -0.05) is 26.8 Å². The molecule has 0 unspecified atom stereocenters. The maximum absolute atomic E-state index is 13.7. The van der Waals surface area contributed by atoms with E-state index in [4.69, 9.17) is 9.47 Å². The highest BCUT2D eigenvalue weighted by molar-refractivity contribution is 6.07. The largest absolute Gasteiger partial charge is 0.459 e. The van der Waals surface area contributed by atoms with Crippen LogP contribution in [0.1, 0.15) is 60.8 Å². The van der Waals surface area contributed by atoms with Gasteiger partial charge in [0.2, 0.25) is 0 Å². The zero-order valence-corrected chi connectivity index (χ0v) is 19.5. The molecule has 32 heavy (non-hydrogen) atoms. The molecule has 0 saturated heterocycles. The van der Waals surface area contributed by atoms with Gasteiger partial charge in [0.1, 0.15) is 11.9 Å². The predicted molar refractivity (Wildman–Crippen MR) is 112 cm³/mol. The Morgan fingerprint density at radius 1 is 1.06 bits per heavy atom. The summed E-state index contributed by atoms with van der Waals surface area (Å²) in [5.74, 6) is -4.37. The molecule has 3 fully saturated rings. The molecule has 7 atom stereocenters. The number of hydrogen-bond acceptors (Lipinski definition) is 8. The van der Waals surface area contributed by atoms with E-state index in [0.29, 0.717) is 0 Å². The Bertz CT molecular complexity index is 919. The molecule has 1 N–H and O–H groups in total. The quantitative estimate of drug-likeness (QED) is 0.513. The van der Waals surface area contributed by atoms with E-state index in [1.54, 1.807) is 20.8 Å². The van der Waals surface area contributed by atoms with Gasteiger partial charge < -0.3 is 14.6 Å². The number of fused-ring (bicyclic) bond motifs is 3. The van der Waals surface area contributed by atoms with Crippen LogP contribution in [0.15, 0.2) is 12.7 Å². The summed E-state index contributed by atoms with van der Waals surface area (Å²) in [5, 5.41) is 11.9. The molecule has 8 heteroatoms. The van der Waals surface area contributed by atoms with Crippen LogP contribution in [0, 0.1) is 28.1 Å². The highest BCUT2D eigenvalue weighted by Crippen LogP contribution is 2.64. The summed E-state index contributed by atoms with van der Waals surface area (Å²) in [7, 11) is 0. The van der Waals surface area contributed by atoms with Crippen molar-refractivity contribution in [1.82, 2.24) is 0 Å². The first-order valence-corrected chi connectivity index (χ1v) is 10.9. The van der Waals surface area contributed by atoms with E-state index >= 15 is 0 Å². The van der Waals surface area contributed by atoms with Crippen LogP contribution in [-0.2, 0) is 33.4 Å². The summed E-state index contributed by atoms with van der Waals surface area (Å²) >= 11 is 0. The van der Waals surface area contributed by atoms with Gasteiger partial charge in [-0.05, 0) is 31.1 Å². The molecular formula is C24H32O8. The molecule has 0 aliphatic heterocycles. The minimum absolute atomic E-state index is 0.0108. The smallest absolute Gasteiger partial charge is 0.303 e. The van der Waals surface area contributed by atoms with Crippen LogP contribution in [0.25, 0.3) is 0 Å². The number of ether oxygens (including phenoxy) is 2. The summed E-state index contributed by atoms with van der Waals surface area (Å²) in [5.41, 5.74) is -5.72. The van der Waals surface area contributed by atoms with Gasteiger partial charge in [-0.15, -0.1) is 6.58 Å². The molecule has 0 spiro atoms. The fraction of sp³-hybridized carbons (Fsp3) is 0.708. The Morgan fingerprint density at radius 2 is 1.62 bits per heavy atom. The molecule has 0 heterocycles. The van der Waals surface area contributed by atoms with Crippen LogP contribution in [0.4, 0.5) is 0 Å². The van der Waals surface area contributed by atoms with E-state index in [1.165, 1.54) is 26.8 Å². The first-order chi connectivity index (χ1) is 14.6. The maximum atomic E-state index is 13.7. The molecule has 0 aromatic heterocycles. The van der Waals surface area contributed by atoms with Crippen molar-refractivity contribution >= 4 is 29.3 Å². The van der Waals surface area contributed by atoms with Gasteiger partial charge in [0, 0.05) is 25.7 Å². The van der Waals surface area contributed by atoms with Crippen LogP contribution >= 0.6 is 0 Å². The van der Waals surface area contributed by atoms with E-state index in [9.17, 15) is 29.1 Å². The van der Waals surface area contributed by atoms with Crippen molar-refractivity contribution < 1.29 is 38.6 Å². The summed E-state index contributed by atoms with van der Waals surface area (Å²) in [4.78, 5) is 64.1. The van der Waals surface area contributed by atoms with E-state index in [-0.39, 0.29) is 30.8 Å². The number of esters is 2. The molecule has 3 aliphatic rings. The number of allylic oxidation sites excluding steroid dienone is 1. The molecular weight excluding hydrogens is 416 g/mol. The molecule has 0 amide bonds. The van der Waals surface area contributed by atoms with Crippen LogP contribution < -0.4 is 0 Å². The highest BCUT2D eigenvalue weighted by Gasteiger charge is 2.74. The van der Waals surface area contributed by atoms with Crippen molar-refractivity contribution in [2.45, 2.75) is 78.6 Å². The molecule has 3 rings (SSSR count). The zero-order valence-electron chi connectivity index (χ0n) is 19.5. The van der Waals surface area contributed by atoms with Crippen molar-refractivity contribution in [3.8, 4) is 0 Å². The van der Waals surface area contributed by atoms with Crippen molar-refractivity contribution in [2.75, 3.05) is 0 Å². The fourth-order valence-electron chi connectivity index (χ4n) is 6.70. The number of ketones is 3. The number of hydrogen-bond donors (Lipinski definition) is 1. The molecule has 0 aromatic carbocycles. The standard InChI is InChI=1S/C24H32O8/c1-8-22(6)10-14(27)18-23(7)11-15(31-12(2)25)19(28)21(4,5)16(23)9-17(32-13(3)26)24(18,30)20(22)29/h8,15-18,30H,1,9-11H2,2-7H3/t15-,16+,17-,18-,22+,23+,24+/m1/s1. The lowest BCUT2D eigenvalue weighted by atomic mass is 9.40. The normalized spacial score (nSPS) is 43.0. The molecule has 176 valence electrons. The third kappa shape index (κ3) is 3.17.